The first-order chi connectivity index (χ1) is 9.19. The second-order valence-corrected chi connectivity index (χ2v) is 7.05. The zero-order valence-electron chi connectivity index (χ0n) is 11.9. The van der Waals surface area contributed by atoms with E-state index < -0.39 is 0 Å². The normalized spacial score (nSPS) is 25.2. The van der Waals surface area contributed by atoms with Gasteiger partial charge in [0, 0.05) is 17.5 Å². The molecule has 0 aromatic carbocycles. The maximum Gasteiger partial charge on any atom is 0.264 e. The van der Waals surface area contributed by atoms with Crippen molar-refractivity contribution in [1.29, 1.82) is 0 Å². The van der Waals surface area contributed by atoms with Crippen molar-refractivity contribution in [3.63, 3.8) is 0 Å². The third kappa shape index (κ3) is 2.87. The number of hydrogen-bond acceptors (Lipinski definition) is 3. The summed E-state index contributed by atoms with van der Waals surface area (Å²) in [5.74, 6) is 0.705. The van der Waals surface area contributed by atoms with Crippen molar-refractivity contribution in [2.45, 2.75) is 45.1 Å². The van der Waals surface area contributed by atoms with Crippen LogP contribution in [0.4, 0.5) is 0 Å². The number of amides is 1. The number of hydrogen-bond donors (Lipinski definition) is 1. The lowest BCUT2D eigenvalue weighted by Gasteiger charge is -2.20. The van der Waals surface area contributed by atoms with Crippen molar-refractivity contribution in [3.05, 3.63) is 21.4 Å². The molecule has 112 valence electrons. The number of carbonyl (C=O) groups is 1. The van der Waals surface area contributed by atoms with Gasteiger partial charge in [-0.15, -0.1) is 23.7 Å². The van der Waals surface area contributed by atoms with Gasteiger partial charge in [0.1, 0.15) is 0 Å². The second kappa shape index (κ2) is 6.46. The Hall–Kier alpha value is -0.580. The number of halogens is 1. The zero-order valence-corrected chi connectivity index (χ0v) is 13.6. The zero-order chi connectivity index (χ0) is 13.4. The minimum atomic E-state index is 0. The predicted octanol–water partition coefficient (Wildman–Crippen LogP) is 2.86. The molecule has 1 aliphatic heterocycles. The molecule has 1 amide bonds. The van der Waals surface area contributed by atoms with E-state index in [0.717, 1.165) is 30.7 Å². The average Bonchev–Trinajstić information content (AvgIpc) is 3.01. The molecule has 5 heteroatoms. The molecule has 2 aliphatic rings. The van der Waals surface area contributed by atoms with E-state index in [1.165, 1.54) is 23.3 Å². The first kappa shape index (κ1) is 15.8. The Morgan fingerprint density at radius 2 is 2.20 bits per heavy atom. The number of thiophene rings is 1. The molecule has 0 spiro atoms. The van der Waals surface area contributed by atoms with Crippen molar-refractivity contribution in [2.24, 2.45) is 11.7 Å². The van der Waals surface area contributed by atoms with Crippen LogP contribution >= 0.6 is 23.7 Å². The van der Waals surface area contributed by atoms with Crippen LogP contribution in [0, 0.1) is 5.92 Å². The van der Waals surface area contributed by atoms with Crippen LogP contribution in [0.3, 0.4) is 0 Å². The van der Waals surface area contributed by atoms with Crippen LogP contribution in [0.5, 0.6) is 0 Å². The van der Waals surface area contributed by atoms with Crippen LogP contribution in [-0.4, -0.2) is 29.9 Å². The fourth-order valence-corrected chi connectivity index (χ4v) is 4.54. The quantitative estimate of drug-likeness (QED) is 0.912. The summed E-state index contributed by atoms with van der Waals surface area (Å²) in [7, 11) is 0. The highest BCUT2D eigenvalue weighted by molar-refractivity contribution is 7.14. The number of rotatable bonds is 2. The topological polar surface area (TPSA) is 46.3 Å². The van der Waals surface area contributed by atoms with E-state index in [-0.39, 0.29) is 18.3 Å². The summed E-state index contributed by atoms with van der Waals surface area (Å²) in [6.07, 6.45) is 5.91. The molecule has 1 aromatic rings. The van der Waals surface area contributed by atoms with Crippen LogP contribution in [0.15, 0.2) is 6.07 Å². The van der Waals surface area contributed by atoms with Gasteiger partial charge in [0.25, 0.3) is 5.91 Å². The third-order valence-electron chi connectivity index (χ3n) is 4.46. The smallest absolute Gasteiger partial charge is 0.264 e. The monoisotopic (exact) mass is 314 g/mol. The molecule has 0 saturated carbocycles. The van der Waals surface area contributed by atoms with Crippen LogP contribution in [0.2, 0.25) is 0 Å². The largest absolute Gasteiger partial charge is 0.335 e. The lowest BCUT2D eigenvalue weighted by molar-refractivity contribution is 0.0748. The van der Waals surface area contributed by atoms with Crippen LogP contribution in [0.1, 0.15) is 46.3 Å². The Balaban J connectivity index is 0.00000147. The molecule has 2 heterocycles. The third-order valence-corrected chi connectivity index (χ3v) is 5.69. The Bertz CT molecular complexity index is 465. The van der Waals surface area contributed by atoms with E-state index >= 15 is 0 Å². The minimum Gasteiger partial charge on any atom is -0.335 e. The highest BCUT2D eigenvalue weighted by atomic mass is 35.5. The molecule has 1 aliphatic carbocycles. The molecule has 0 radical (unpaired) electrons. The summed E-state index contributed by atoms with van der Waals surface area (Å²) in [6.45, 7) is 3.66. The minimum absolute atomic E-state index is 0. The van der Waals surface area contributed by atoms with E-state index in [1.807, 2.05) is 4.90 Å². The van der Waals surface area contributed by atoms with E-state index in [4.69, 9.17) is 5.73 Å². The highest BCUT2D eigenvalue weighted by Crippen LogP contribution is 2.32. The average molecular weight is 315 g/mol. The molecule has 1 aromatic heterocycles. The van der Waals surface area contributed by atoms with Crippen molar-refractivity contribution in [2.75, 3.05) is 13.1 Å². The first-order valence-electron chi connectivity index (χ1n) is 7.31. The van der Waals surface area contributed by atoms with Crippen molar-refractivity contribution < 1.29 is 4.79 Å². The fourth-order valence-electron chi connectivity index (χ4n) is 3.33. The van der Waals surface area contributed by atoms with E-state index in [1.54, 1.807) is 11.3 Å². The maximum atomic E-state index is 12.6. The summed E-state index contributed by atoms with van der Waals surface area (Å²) >= 11 is 1.72. The van der Waals surface area contributed by atoms with Gasteiger partial charge in [-0.05, 0) is 63.1 Å². The molecule has 2 N–H and O–H groups in total. The Morgan fingerprint density at radius 3 is 2.85 bits per heavy atom. The van der Waals surface area contributed by atoms with Crippen LogP contribution in [-0.2, 0) is 12.8 Å². The van der Waals surface area contributed by atoms with Crippen molar-refractivity contribution >= 4 is 29.7 Å². The van der Waals surface area contributed by atoms with Gasteiger partial charge in [-0.3, -0.25) is 4.79 Å². The number of nitrogens with zero attached hydrogens (tertiary/aromatic N) is 1. The first-order valence-corrected chi connectivity index (χ1v) is 8.13. The van der Waals surface area contributed by atoms with E-state index in [9.17, 15) is 4.79 Å². The van der Waals surface area contributed by atoms with Gasteiger partial charge in [0.15, 0.2) is 0 Å². The van der Waals surface area contributed by atoms with Gasteiger partial charge in [0.05, 0.1) is 4.88 Å². The number of carbonyl (C=O) groups excluding carboxylic acids is 1. The SMILES string of the molecule is CC1CC(CN)CN1C(=O)c1cc2c(s1)CCCC2.Cl. The molecule has 3 nitrogen and oxygen atoms in total. The molecule has 2 unspecified atom stereocenters. The predicted molar refractivity (Wildman–Crippen MR) is 85.9 cm³/mol. The molecule has 2 atom stereocenters. The van der Waals surface area contributed by atoms with Crippen molar-refractivity contribution in [3.8, 4) is 0 Å². The van der Waals surface area contributed by atoms with Gasteiger partial charge in [-0.25, -0.2) is 0 Å². The highest BCUT2D eigenvalue weighted by Gasteiger charge is 2.33. The van der Waals surface area contributed by atoms with E-state index in [0.29, 0.717) is 18.5 Å². The Labute approximate surface area is 130 Å². The standard InChI is InChI=1S/C15H22N2OS.ClH/c1-10-6-11(8-16)9-17(10)15(18)14-7-12-4-2-3-5-13(12)19-14;/h7,10-11H,2-6,8-9,16H2,1H3;1H. The molecule has 0 bridgehead atoms. The molecule has 1 saturated heterocycles. The summed E-state index contributed by atoms with van der Waals surface area (Å²) < 4.78 is 0. The molecule has 20 heavy (non-hydrogen) atoms. The lowest BCUT2D eigenvalue weighted by Crippen LogP contribution is -2.33. The molecular formula is C15H23ClN2OS. The lowest BCUT2D eigenvalue weighted by atomic mass is 9.99. The molecule has 3 rings (SSSR count). The van der Waals surface area contributed by atoms with Crippen LogP contribution < -0.4 is 5.73 Å². The van der Waals surface area contributed by atoms with Crippen molar-refractivity contribution in [1.82, 2.24) is 4.90 Å². The number of likely N-dealkylation sites (tertiary alicyclic amines) is 1. The Kier molecular flexibility index (Phi) is 5.10. The summed E-state index contributed by atoms with van der Waals surface area (Å²) in [6, 6.07) is 2.48. The van der Waals surface area contributed by atoms with Gasteiger partial charge < -0.3 is 10.6 Å². The molecular weight excluding hydrogens is 292 g/mol. The molecule has 1 fully saturated rings. The number of aryl methyl sites for hydroxylation is 2. The fraction of sp³-hybridized carbons (Fsp3) is 0.667. The van der Waals surface area contributed by atoms with Gasteiger partial charge in [-0.1, -0.05) is 0 Å². The Morgan fingerprint density at radius 1 is 1.45 bits per heavy atom. The van der Waals surface area contributed by atoms with Gasteiger partial charge >= 0.3 is 0 Å². The van der Waals surface area contributed by atoms with E-state index in [2.05, 4.69) is 13.0 Å². The summed E-state index contributed by atoms with van der Waals surface area (Å²) in [4.78, 5) is 17.0. The maximum absolute atomic E-state index is 12.6. The summed E-state index contributed by atoms with van der Waals surface area (Å²) in [5.41, 5.74) is 7.16. The van der Waals surface area contributed by atoms with Crippen LogP contribution in [0.25, 0.3) is 0 Å². The number of nitrogens with two attached hydrogens (primary N) is 1. The van der Waals surface area contributed by atoms with Gasteiger partial charge in [-0.2, -0.15) is 0 Å². The number of fused-ring (bicyclic) bond motifs is 1. The summed E-state index contributed by atoms with van der Waals surface area (Å²) in [5, 5.41) is 0. The van der Waals surface area contributed by atoms with Gasteiger partial charge in [0.2, 0.25) is 0 Å². The second-order valence-electron chi connectivity index (χ2n) is 5.91.